The van der Waals surface area contributed by atoms with Crippen LogP contribution in [0, 0.1) is 31.0 Å². The highest BCUT2D eigenvalue weighted by atomic mass is 32.1. The van der Waals surface area contributed by atoms with Gasteiger partial charge in [0.2, 0.25) is 0 Å². The fourth-order valence-corrected chi connectivity index (χ4v) is 3.46. The number of benzene rings is 2. The van der Waals surface area contributed by atoms with Crippen molar-refractivity contribution in [3.8, 4) is 39.6 Å². The Morgan fingerprint density at radius 2 is 1.66 bits per heavy atom. The van der Waals surface area contributed by atoms with Crippen LogP contribution in [0.1, 0.15) is 17.0 Å². The predicted molar refractivity (Wildman–Crippen MR) is 125 cm³/mol. The lowest BCUT2D eigenvalue weighted by atomic mass is 9.91. The number of nitriles is 1. The Hall–Kier alpha value is -4.11. The fourth-order valence-electron chi connectivity index (χ4n) is 3.37. The zero-order valence-corrected chi connectivity index (χ0v) is 18.1. The van der Waals surface area contributed by atoms with E-state index in [0.29, 0.717) is 33.8 Å². The van der Waals surface area contributed by atoms with Gasteiger partial charge in [0.15, 0.2) is 5.82 Å². The van der Waals surface area contributed by atoms with Crippen molar-refractivity contribution < 1.29 is 4.39 Å². The second-order valence-corrected chi connectivity index (χ2v) is 7.35. The standard InChI is InChI=1S/C25H16FN5S/c1-15-3-6-24(30-11-15)18-8-22(25(31-14-32)23(26)9-18)21-7-17(10-27)4-5-20(21)19-12-28-16(2)29-13-19/h3-9,11-13H,1-2H3. The van der Waals surface area contributed by atoms with Crippen molar-refractivity contribution in [2.45, 2.75) is 13.8 Å². The number of isothiocyanates is 1. The summed E-state index contributed by atoms with van der Waals surface area (Å²) in [7, 11) is 0. The fraction of sp³-hybridized carbons (Fsp3) is 0.0800. The average Bonchev–Trinajstić information content (AvgIpc) is 2.81. The molecule has 0 aliphatic heterocycles. The Bertz CT molecular complexity index is 1400. The SMILES string of the molecule is Cc1ccc(-c2cc(F)c(N=C=S)c(-c3cc(C#N)ccc3-c3cnc(C)nc3)c2)nc1. The maximum absolute atomic E-state index is 15.2. The molecule has 0 aliphatic carbocycles. The zero-order chi connectivity index (χ0) is 22.7. The molecular weight excluding hydrogens is 421 g/mol. The van der Waals surface area contributed by atoms with Gasteiger partial charge in [0, 0.05) is 35.3 Å². The summed E-state index contributed by atoms with van der Waals surface area (Å²) < 4.78 is 15.2. The van der Waals surface area contributed by atoms with E-state index in [1.165, 1.54) is 6.07 Å². The molecule has 0 aliphatic rings. The number of thiocarbonyl (C=S) groups is 1. The second kappa shape index (κ2) is 8.94. The third-order valence-electron chi connectivity index (χ3n) is 4.96. The van der Waals surface area contributed by atoms with E-state index in [2.05, 4.69) is 31.2 Å². The highest BCUT2D eigenvalue weighted by Gasteiger charge is 2.18. The van der Waals surface area contributed by atoms with E-state index in [1.807, 2.05) is 19.1 Å². The van der Waals surface area contributed by atoms with Crippen LogP contribution in [0.25, 0.3) is 33.5 Å². The summed E-state index contributed by atoms with van der Waals surface area (Å²) in [6.07, 6.45) is 5.11. The molecule has 0 amide bonds. The van der Waals surface area contributed by atoms with Crippen LogP contribution in [0.5, 0.6) is 0 Å². The molecule has 2 aromatic carbocycles. The lowest BCUT2D eigenvalue weighted by Gasteiger charge is -2.14. The summed E-state index contributed by atoms with van der Waals surface area (Å²) in [4.78, 5) is 16.9. The largest absolute Gasteiger partial charge is 0.256 e. The van der Waals surface area contributed by atoms with Crippen molar-refractivity contribution in [1.29, 1.82) is 5.26 Å². The number of rotatable bonds is 4. The smallest absolute Gasteiger partial charge is 0.150 e. The van der Waals surface area contributed by atoms with E-state index < -0.39 is 5.82 Å². The molecule has 0 bridgehead atoms. The number of aliphatic imine (C=N–C) groups is 1. The Balaban J connectivity index is 2.03. The van der Waals surface area contributed by atoms with Crippen molar-refractivity contribution in [3.63, 3.8) is 0 Å². The van der Waals surface area contributed by atoms with Crippen molar-refractivity contribution >= 4 is 23.1 Å². The third-order valence-corrected chi connectivity index (χ3v) is 5.05. The number of hydrogen-bond donors (Lipinski definition) is 0. The number of halogens is 1. The lowest BCUT2D eigenvalue weighted by Crippen LogP contribution is -1.94. The Labute approximate surface area is 190 Å². The molecule has 0 spiro atoms. The molecule has 0 N–H and O–H groups in total. The summed E-state index contributed by atoms with van der Waals surface area (Å²) in [5, 5.41) is 11.7. The van der Waals surface area contributed by atoms with E-state index in [9.17, 15) is 5.26 Å². The third kappa shape index (κ3) is 4.19. The van der Waals surface area contributed by atoms with E-state index in [1.54, 1.807) is 49.8 Å². The molecular formula is C25H16FN5S. The van der Waals surface area contributed by atoms with Gasteiger partial charge in [-0.15, -0.1) is 0 Å². The quantitative estimate of drug-likeness (QED) is 0.279. The van der Waals surface area contributed by atoms with Gasteiger partial charge in [-0.2, -0.15) is 10.3 Å². The lowest BCUT2D eigenvalue weighted by molar-refractivity contribution is 0.631. The summed E-state index contributed by atoms with van der Waals surface area (Å²) in [5.74, 6) is 0.0686. The first-order valence-corrected chi connectivity index (χ1v) is 10.1. The van der Waals surface area contributed by atoms with Crippen molar-refractivity contribution in [3.05, 3.63) is 83.8 Å². The molecule has 154 valence electrons. The zero-order valence-electron chi connectivity index (χ0n) is 17.3. The number of aromatic nitrogens is 3. The Morgan fingerprint density at radius 3 is 2.31 bits per heavy atom. The monoisotopic (exact) mass is 437 g/mol. The minimum Gasteiger partial charge on any atom is -0.256 e. The minimum absolute atomic E-state index is 0.0419. The normalized spacial score (nSPS) is 10.3. The summed E-state index contributed by atoms with van der Waals surface area (Å²) in [6, 6.07) is 14.2. The molecule has 32 heavy (non-hydrogen) atoms. The maximum atomic E-state index is 15.2. The predicted octanol–water partition coefficient (Wildman–Crippen LogP) is 6.23. The molecule has 4 aromatic rings. The van der Waals surface area contributed by atoms with Crippen LogP contribution in [0.15, 0.2) is 66.0 Å². The van der Waals surface area contributed by atoms with Gasteiger partial charge in [-0.1, -0.05) is 12.1 Å². The van der Waals surface area contributed by atoms with Gasteiger partial charge in [0.05, 0.1) is 22.5 Å². The first-order valence-electron chi connectivity index (χ1n) is 9.68. The molecule has 0 unspecified atom stereocenters. The second-order valence-electron chi connectivity index (χ2n) is 7.17. The minimum atomic E-state index is -0.564. The van der Waals surface area contributed by atoms with Crippen LogP contribution >= 0.6 is 12.2 Å². The molecule has 0 fully saturated rings. The molecule has 7 heteroatoms. The first kappa shape index (κ1) is 21.1. The van der Waals surface area contributed by atoms with Gasteiger partial charge in [-0.3, -0.25) is 4.98 Å². The Morgan fingerprint density at radius 1 is 0.875 bits per heavy atom. The van der Waals surface area contributed by atoms with Crippen LogP contribution in [-0.4, -0.2) is 20.1 Å². The van der Waals surface area contributed by atoms with Gasteiger partial charge in [-0.05, 0) is 73.1 Å². The molecule has 4 rings (SSSR count). The molecule has 0 saturated carbocycles. The molecule has 2 aromatic heterocycles. The molecule has 2 heterocycles. The molecule has 0 radical (unpaired) electrons. The molecule has 0 saturated heterocycles. The highest BCUT2D eigenvalue weighted by molar-refractivity contribution is 7.78. The summed E-state index contributed by atoms with van der Waals surface area (Å²) >= 11 is 4.77. The number of hydrogen-bond acceptors (Lipinski definition) is 6. The van der Waals surface area contributed by atoms with Crippen molar-refractivity contribution in [2.75, 3.05) is 0 Å². The topological polar surface area (TPSA) is 74.8 Å². The van der Waals surface area contributed by atoms with Crippen LogP contribution in [0.4, 0.5) is 10.1 Å². The van der Waals surface area contributed by atoms with Crippen LogP contribution in [0.3, 0.4) is 0 Å². The maximum Gasteiger partial charge on any atom is 0.150 e. The average molecular weight is 438 g/mol. The number of pyridine rings is 1. The highest BCUT2D eigenvalue weighted by Crippen LogP contribution is 2.41. The summed E-state index contributed by atoms with van der Waals surface area (Å²) in [6.45, 7) is 3.73. The molecule has 0 atom stereocenters. The van der Waals surface area contributed by atoms with Crippen molar-refractivity contribution in [1.82, 2.24) is 15.0 Å². The molecule has 5 nitrogen and oxygen atoms in total. The number of aryl methyl sites for hydroxylation is 2. The van der Waals surface area contributed by atoms with Crippen LogP contribution < -0.4 is 0 Å². The van der Waals surface area contributed by atoms with Gasteiger partial charge >= 0.3 is 0 Å². The van der Waals surface area contributed by atoms with Crippen molar-refractivity contribution in [2.24, 2.45) is 4.99 Å². The number of nitrogens with zero attached hydrogens (tertiary/aromatic N) is 5. The van der Waals surface area contributed by atoms with E-state index in [0.717, 1.165) is 16.7 Å². The summed E-state index contributed by atoms with van der Waals surface area (Å²) in [5.41, 5.74) is 5.19. The van der Waals surface area contributed by atoms with Gasteiger partial charge in [-0.25, -0.2) is 14.4 Å². The Kier molecular flexibility index (Phi) is 5.91. The van der Waals surface area contributed by atoms with Gasteiger partial charge < -0.3 is 0 Å². The first-order chi connectivity index (χ1) is 15.5. The van der Waals surface area contributed by atoms with Gasteiger partial charge in [0.25, 0.3) is 0 Å². The van der Waals surface area contributed by atoms with E-state index in [-0.39, 0.29) is 5.69 Å². The van der Waals surface area contributed by atoms with Crippen LogP contribution in [-0.2, 0) is 0 Å². The van der Waals surface area contributed by atoms with Crippen LogP contribution in [0.2, 0.25) is 0 Å². The van der Waals surface area contributed by atoms with E-state index >= 15 is 4.39 Å². The van der Waals surface area contributed by atoms with E-state index in [4.69, 9.17) is 12.2 Å². The van der Waals surface area contributed by atoms with Gasteiger partial charge in [0.1, 0.15) is 11.5 Å².